The lowest BCUT2D eigenvalue weighted by Crippen LogP contribution is -2.29. The monoisotopic (exact) mass is 320 g/mol. The van der Waals surface area contributed by atoms with Crippen molar-refractivity contribution in [3.8, 4) is 0 Å². The summed E-state index contributed by atoms with van der Waals surface area (Å²) in [5.41, 5.74) is 2.17. The van der Waals surface area contributed by atoms with Gasteiger partial charge in [0.25, 0.3) is 0 Å². The zero-order valence-electron chi connectivity index (χ0n) is 13.7. The van der Waals surface area contributed by atoms with Gasteiger partial charge in [-0.1, -0.05) is 48.5 Å². The van der Waals surface area contributed by atoms with Gasteiger partial charge < -0.3 is 9.64 Å². The van der Waals surface area contributed by atoms with E-state index in [-0.39, 0.29) is 12.5 Å². The van der Waals surface area contributed by atoms with Crippen molar-refractivity contribution in [1.29, 1.82) is 0 Å². The van der Waals surface area contributed by atoms with E-state index in [4.69, 9.17) is 4.74 Å². The largest absolute Gasteiger partial charge is 0.367 e. The normalized spacial score (nSPS) is 10.7. The number of fused-ring (bicyclic) bond motifs is 1. The summed E-state index contributed by atoms with van der Waals surface area (Å²) in [5, 5.41) is 2.20. The van der Waals surface area contributed by atoms with Gasteiger partial charge >= 0.3 is 0 Å². The fourth-order valence-electron chi connectivity index (χ4n) is 2.61. The van der Waals surface area contributed by atoms with E-state index in [1.165, 1.54) is 0 Å². The standard InChI is InChI=1S/C20H20N2O2/c1-22(20(23)15-24-14-16-6-3-2-4-7-16)13-18-9-5-8-17-12-21-11-10-19(17)18/h2-12H,13-15H2,1H3. The number of benzene rings is 2. The van der Waals surface area contributed by atoms with Crippen LogP contribution in [0.4, 0.5) is 0 Å². The second-order valence-corrected chi connectivity index (χ2v) is 5.74. The number of hydrogen-bond acceptors (Lipinski definition) is 3. The summed E-state index contributed by atoms with van der Waals surface area (Å²) in [6.07, 6.45) is 3.61. The summed E-state index contributed by atoms with van der Waals surface area (Å²) < 4.78 is 5.53. The molecule has 0 unspecified atom stereocenters. The molecule has 1 heterocycles. The molecule has 3 rings (SSSR count). The Balaban J connectivity index is 1.57. The molecule has 4 nitrogen and oxygen atoms in total. The SMILES string of the molecule is CN(Cc1cccc2cnccc12)C(=O)COCc1ccccc1. The zero-order valence-corrected chi connectivity index (χ0v) is 13.7. The van der Waals surface area contributed by atoms with Gasteiger partial charge in [0.2, 0.25) is 5.91 Å². The number of carbonyl (C=O) groups is 1. The maximum Gasteiger partial charge on any atom is 0.248 e. The highest BCUT2D eigenvalue weighted by molar-refractivity contribution is 5.85. The van der Waals surface area contributed by atoms with Crippen LogP contribution in [0.25, 0.3) is 10.8 Å². The number of nitrogens with zero attached hydrogens (tertiary/aromatic N) is 2. The lowest BCUT2D eigenvalue weighted by Gasteiger charge is -2.18. The zero-order chi connectivity index (χ0) is 16.8. The maximum absolute atomic E-state index is 12.3. The van der Waals surface area contributed by atoms with Crippen LogP contribution in [-0.4, -0.2) is 29.4 Å². The van der Waals surface area contributed by atoms with Crippen molar-refractivity contribution in [2.24, 2.45) is 0 Å². The number of ether oxygens (including phenoxy) is 1. The van der Waals surface area contributed by atoms with Crippen LogP contribution in [0.1, 0.15) is 11.1 Å². The molecule has 0 aliphatic heterocycles. The van der Waals surface area contributed by atoms with Gasteiger partial charge in [0, 0.05) is 31.4 Å². The minimum atomic E-state index is -0.0306. The van der Waals surface area contributed by atoms with Gasteiger partial charge in [0.15, 0.2) is 0 Å². The first-order valence-electron chi connectivity index (χ1n) is 7.91. The summed E-state index contributed by atoms with van der Waals surface area (Å²) in [6, 6.07) is 17.9. The van der Waals surface area contributed by atoms with Crippen LogP contribution in [0.2, 0.25) is 0 Å². The van der Waals surface area contributed by atoms with E-state index in [1.54, 1.807) is 18.1 Å². The molecule has 0 spiro atoms. The third kappa shape index (κ3) is 3.97. The third-order valence-electron chi connectivity index (χ3n) is 3.94. The molecule has 0 saturated carbocycles. The summed E-state index contributed by atoms with van der Waals surface area (Å²) in [7, 11) is 1.80. The van der Waals surface area contributed by atoms with Crippen LogP contribution in [0.5, 0.6) is 0 Å². The number of likely N-dealkylation sites (N-methyl/N-ethyl adjacent to an activating group) is 1. The lowest BCUT2D eigenvalue weighted by molar-refractivity contribution is -0.135. The molecule has 0 fully saturated rings. The molecular formula is C20H20N2O2. The second-order valence-electron chi connectivity index (χ2n) is 5.74. The van der Waals surface area contributed by atoms with Crippen molar-refractivity contribution in [2.45, 2.75) is 13.2 Å². The Morgan fingerprint density at radius 3 is 2.75 bits per heavy atom. The fourth-order valence-corrected chi connectivity index (χ4v) is 2.61. The van der Waals surface area contributed by atoms with Crippen LogP contribution >= 0.6 is 0 Å². The molecule has 0 bridgehead atoms. The molecule has 0 N–H and O–H groups in total. The van der Waals surface area contributed by atoms with Crippen LogP contribution < -0.4 is 0 Å². The van der Waals surface area contributed by atoms with Crippen molar-refractivity contribution in [3.63, 3.8) is 0 Å². The quantitative estimate of drug-likeness (QED) is 0.699. The van der Waals surface area contributed by atoms with Gasteiger partial charge in [-0.3, -0.25) is 9.78 Å². The van der Waals surface area contributed by atoms with Crippen molar-refractivity contribution in [3.05, 3.63) is 78.1 Å². The smallest absolute Gasteiger partial charge is 0.248 e. The number of amides is 1. The molecule has 0 aliphatic rings. The first-order valence-corrected chi connectivity index (χ1v) is 7.91. The highest BCUT2D eigenvalue weighted by atomic mass is 16.5. The molecule has 1 aromatic heterocycles. The van der Waals surface area contributed by atoms with E-state index < -0.39 is 0 Å². The molecule has 0 saturated heterocycles. The van der Waals surface area contributed by atoms with Crippen molar-refractivity contribution in [1.82, 2.24) is 9.88 Å². The number of aromatic nitrogens is 1. The summed E-state index contributed by atoms with van der Waals surface area (Å²) >= 11 is 0. The Morgan fingerprint density at radius 1 is 1.08 bits per heavy atom. The Labute approximate surface area is 141 Å². The molecule has 0 atom stereocenters. The van der Waals surface area contributed by atoms with Gasteiger partial charge in [-0.15, -0.1) is 0 Å². The maximum atomic E-state index is 12.3. The van der Waals surface area contributed by atoms with Crippen molar-refractivity contribution >= 4 is 16.7 Å². The molecule has 3 aromatic rings. The van der Waals surface area contributed by atoms with E-state index in [9.17, 15) is 4.79 Å². The van der Waals surface area contributed by atoms with Gasteiger partial charge in [-0.25, -0.2) is 0 Å². The first-order chi connectivity index (χ1) is 11.7. The van der Waals surface area contributed by atoms with Crippen molar-refractivity contribution < 1.29 is 9.53 Å². The number of rotatable bonds is 6. The average molecular weight is 320 g/mol. The minimum absolute atomic E-state index is 0.0306. The van der Waals surface area contributed by atoms with Gasteiger partial charge in [-0.05, 0) is 22.6 Å². The molecule has 24 heavy (non-hydrogen) atoms. The van der Waals surface area contributed by atoms with Gasteiger partial charge in [-0.2, -0.15) is 0 Å². The van der Waals surface area contributed by atoms with E-state index >= 15 is 0 Å². The Kier molecular flexibility index (Phi) is 5.18. The molecule has 4 heteroatoms. The van der Waals surface area contributed by atoms with Crippen molar-refractivity contribution in [2.75, 3.05) is 13.7 Å². The average Bonchev–Trinajstić information content (AvgIpc) is 2.63. The third-order valence-corrected chi connectivity index (χ3v) is 3.94. The molecule has 0 radical (unpaired) electrons. The Hall–Kier alpha value is -2.72. The molecule has 2 aromatic carbocycles. The summed E-state index contributed by atoms with van der Waals surface area (Å²) in [5.74, 6) is -0.0306. The second kappa shape index (κ2) is 7.70. The number of hydrogen-bond donors (Lipinski definition) is 0. The topological polar surface area (TPSA) is 42.4 Å². The van der Waals surface area contributed by atoms with E-state index in [0.29, 0.717) is 13.2 Å². The molecular weight excluding hydrogens is 300 g/mol. The molecule has 1 amide bonds. The Morgan fingerprint density at radius 2 is 1.92 bits per heavy atom. The molecule has 122 valence electrons. The first kappa shape index (κ1) is 16.1. The van der Waals surface area contributed by atoms with E-state index in [2.05, 4.69) is 4.98 Å². The Bertz CT molecular complexity index is 813. The van der Waals surface area contributed by atoms with Gasteiger partial charge in [0.1, 0.15) is 6.61 Å². The molecule has 0 aliphatic carbocycles. The predicted molar refractivity (Wildman–Crippen MR) is 94.3 cm³/mol. The van der Waals surface area contributed by atoms with E-state index in [0.717, 1.165) is 21.9 Å². The number of carbonyl (C=O) groups excluding carboxylic acids is 1. The predicted octanol–water partition coefficient (Wildman–Crippen LogP) is 3.41. The fraction of sp³-hybridized carbons (Fsp3) is 0.200. The van der Waals surface area contributed by atoms with Crippen LogP contribution in [0, 0.1) is 0 Å². The highest BCUT2D eigenvalue weighted by Crippen LogP contribution is 2.18. The highest BCUT2D eigenvalue weighted by Gasteiger charge is 2.11. The van der Waals surface area contributed by atoms with Crippen LogP contribution in [-0.2, 0) is 22.7 Å². The lowest BCUT2D eigenvalue weighted by atomic mass is 10.1. The van der Waals surface area contributed by atoms with Crippen LogP contribution in [0.15, 0.2) is 67.0 Å². The summed E-state index contributed by atoms with van der Waals surface area (Å²) in [6.45, 7) is 1.08. The number of pyridine rings is 1. The van der Waals surface area contributed by atoms with Gasteiger partial charge in [0.05, 0.1) is 6.61 Å². The van der Waals surface area contributed by atoms with E-state index in [1.807, 2.05) is 60.8 Å². The van der Waals surface area contributed by atoms with Crippen LogP contribution in [0.3, 0.4) is 0 Å². The minimum Gasteiger partial charge on any atom is -0.367 e. The summed E-state index contributed by atoms with van der Waals surface area (Å²) in [4.78, 5) is 18.1.